The van der Waals surface area contributed by atoms with Crippen LogP contribution in [0.4, 0.5) is 13.2 Å². The van der Waals surface area contributed by atoms with E-state index in [1.807, 2.05) is 0 Å². The molecule has 0 bridgehead atoms. The number of nitrogens with one attached hydrogen (secondary N) is 1. The minimum Gasteiger partial charge on any atom is -0.387 e. The van der Waals surface area contributed by atoms with E-state index in [2.05, 4.69) is 12.2 Å². The molecule has 0 aliphatic heterocycles. The lowest BCUT2D eigenvalue weighted by Crippen LogP contribution is -2.39. The molecule has 2 nitrogen and oxygen atoms in total. The Morgan fingerprint density at radius 1 is 1.35 bits per heavy atom. The van der Waals surface area contributed by atoms with E-state index in [1.54, 1.807) is 0 Å². The fraction of sp³-hybridized carbons (Fsp3) is 0.600. The number of hydrogen-bond donors (Lipinski definition) is 2. The quantitative estimate of drug-likeness (QED) is 0.868. The van der Waals surface area contributed by atoms with Crippen LogP contribution in [-0.4, -0.2) is 17.7 Å². The smallest absolute Gasteiger partial charge is 0.387 e. The van der Waals surface area contributed by atoms with Crippen LogP contribution in [0.15, 0.2) is 24.3 Å². The van der Waals surface area contributed by atoms with Gasteiger partial charge in [0, 0.05) is 12.6 Å². The molecule has 1 aromatic carbocycles. The van der Waals surface area contributed by atoms with Gasteiger partial charge >= 0.3 is 6.18 Å². The maximum absolute atomic E-state index is 12.6. The molecule has 2 N–H and O–H groups in total. The monoisotopic (exact) mass is 287 g/mol. The van der Waals surface area contributed by atoms with E-state index in [9.17, 15) is 18.3 Å². The van der Waals surface area contributed by atoms with Crippen molar-refractivity contribution in [1.29, 1.82) is 0 Å². The van der Waals surface area contributed by atoms with Crippen molar-refractivity contribution in [2.45, 2.75) is 44.5 Å². The van der Waals surface area contributed by atoms with Gasteiger partial charge in [-0.2, -0.15) is 13.2 Å². The standard InChI is InChI=1S/C15H20F3NO/c1-10(11-4-2-5-11)19-9-14(20)12-6-3-7-13(8-12)15(16,17)18/h3,6-8,10-11,14,19-20H,2,4-5,9H2,1H3. The molecule has 0 amide bonds. The summed E-state index contributed by atoms with van der Waals surface area (Å²) >= 11 is 0. The van der Waals surface area contributed by atoms with Crippen LogP contribution in [0.1, 0.15) is 43.4 Å². The number of hydrogen-bond acceptors (Lipinski definition) is 2. The third-order valence-corrected chi connectivity index (χ3v) is 4.09. The lowest BCUT2D eigenvalue weighted by Gasteiger charge is -2.32. The molecule has 1 fully saturated rings. The summed E-state index contributed by atoms with van der Waals surface area (Å²) in [6, 6.07) is 5.18. The number of alkyl halides is 3. The van der Waals surface area contributed by atoms with Crippen LogP contribution in [0.3, 0.4) is 0 Å². The molecule has 1 aromatic rings. The van der Waals surface area contributed by atoms with Crippen molar-refractivity contribution in [2.24, 2.45) is 5.92 Å². The number of halogens is 3. The minimum atomic E-state index is -4.37. The fourth-order valence-corrected chi connectivity index (χ4v) is 2.44. The van der Waals surface area contributed by atoms with Gasteiger partial charge in [0.1, 0.15) is 0 Å². The summed E-state index contributed by atoms with van der Waals surface area (Å²) in [5.74, 6) is 0.628. The van der Waals surface area contributed by atoms with Gasteiger partial charge in [0.25, 0.3) is 0 Å². The molecular weight excluding hydrogens is 267 g/mol. The summed E-state index contributed by atoms with van der Waals surface area (Å²) in [6.07, 6.45) is -1.67. The number of rotatable bonds is 5. The first kappa shape index (κ1) is 15.3. The Morgan fingerprint density at radius 3 is 2.60 bits per heavy atom. The van der Waals surface area contributed by atoms with Crippen LogP contribution in [-0.2, 0) is 6.18 Å². The maximum Gasteiger partial charge on any atom is 0.416 e. The molecule has 2 atom stereocenters. The van der Waals surface area contributed by atoms with Crippen molar-refractivity contribution >= 4 is 0 Å². The largest absolute Gasteiger partial charge is 0.416 e. The lowest BCUT2D eigenvalue weighted by molar-refractivity contribution is -0.137. The first-order chi connectivity index (χ1) is 9.38. The van der Waals surface area contributed by atoms with Crippen LogP contribution < -0.4 is 5.32 Å². The van der Waals surface area contributed by atoms with Gasteiger partial charge in [-0.05, 0) is 43.4 Å². The van der Waals surface area contributed by atoms with Crippen molar-refractivity contribution in [1.82, 2.24) is 5.32 Å². The lowest BCUT2D eigenvalue weighted by atomic mass is 9.80. The third-order valence-electron chi connectivity index (χ3n) is 4.09. The van der Waals surface area contributed by atoms with Gasteiger partial charge in [-0.1, -0.05) is 18.6 Å². The van der Waals surface area contributed by atoms with Crippen LogP contribution >= 0.6 is 0 Å². The summed E-state index contributed by atoms with van der Waals surface area (Å²) in [4.78, 5) is 0. The molecular formula is C15H20F3NO. The maximum atomic E-state index is 12.6. The average Bonchev–Trinajstić information content (AvgIpc) is 2.33. The van der Waals surface area contributed by atoms with Crippen molar-refractivity contribution < 1.29 is 18.3 Å². The molecule has 0 spiro atoms. The zero-order valence-electron chi connectivity index (χ0n) is 11.5. The summed E-state index contributed by atoms with van der Waals surface area (Å²) < 4.78 is 37.8. The Labute approximate surface area is 117 Å². The van der Waals surface area contributed by atoms with E-state index in [4.69, 9.17) is 0 Å². The Bertz CT molecular complexity index is 443. The van der Waals surface area contributed by atoms with Gasteiger partial charge in [-0.3, -0.25) is 0 Å². The van der Waals surface area contributed by atoms with Gasteiger partial charge in [-0.25, -0.2) is 0 Å². The predicted molar refractivity (Wildman–Crippen MR) is 71.2 cm³/mol. The van der Waals surface area contributed by atoms with E-state index in [1.165, 1.54) is 31.4 Å². The summed E-state index contributed by atoms with van der Waals surface area (Å²) in [5, 5.41) is 13.2. The molecule has 1 aliphatic carbocycles. The van der Waals surface area contributed by atoms with Gasteiger partial charge in [-0.15, -0.1) is 0 Å². The van der Waals surface area contributed by atoms with Gasteiger partial charge in [0.05, 0.1) is 11.7 Å². The molecule has 2 rings (SSSR count). The van der Waals surface area contributed by atoms with Crippen LogP contribution in [0, 0.1) is 5.92 Å². The van der Waals surface area contributed by atoms with E-state index in [0.29, 0.717) is 17.5 Å². The van der Waals surface area contributed by atoms with Gasteiger partial charge in [0.2, 0.25) is 0 Å². The molecule has 0 saturated heterocycles. The molecule has 0 aromatic heterocycles. The molecule has 1 aliphatic rings. The second-order valence-corrected chi connectivity index (χ2v) is 5.53. The predicted octanol–water partition coefficient (Wildman–Crippen LogP) is 3.52. The van der Waals surface area contributed by atoms with Crippen LogP contribution in [0.25, 0.3) is 0 Å². The highest BCUT2D eigenvalue weighted by atomic mass is 19.4. The second kappa shape index (κ2) is 6.14. The minimum absolute atomic E-state index is 0.277. The molecule has 20 heavy (non-hydrogen) atoms. The molecule has 0 radical (unpaired) electrons. The Morgan fingerprint density at radius 2 is 2.05 bits per heavy atom. The van der Waals surface area contributed by atoms with Crippen molar-refractivity contribution in [3.05, 3.63) is 35.4 Å². The Balaban J connectivity index is 1.93. The summed E-state index contributed by atoms with van der Waals surface area (Å²) in [7, 11) is 0. The first-order valence-corrected chi connectivity index (χ1v) is 6.96. The van der Waals surface area contributed by atoms with Gasteiger partial charge in [0.15, 0.2) is 0 Å². The summed E-state index contributed by atoms with van der Waals surface area (Å²) in [5.41, 5.74) is -0.422. The van der Waals surface area contributed by atoms with Crippen molar-refractivity contribution in [3.8, 4) is 0 Å². The fourth-order valence-electron chi connectivity index (χ4n) is 2.44. The molecule has 112 valence electrons. The van der Waals surface area contributed by atoms with E-state index >= 15 is 0 Å². The van der Waals surface area contributed by atoms with Crippen molar-refractivity contribution in [3.63, 3.8) is 0 Å². The van der Waals surface area contributed by atoms with Crippen LogP contribution in [0.2, 0.25) is 0 Å². The highest BCUT2D eigenvalue weighted by Gasteiger charge is 2.31. The Hall–Kier alpha value is -1.07. The number of aliphatic hydroxyl groups is 1. The van der Waals surface area contributed by atoms with Gasteiger partial charge < -0.3 is 10.4 Å². The molecule has 2 unspecified atom stereocenters. The number of benzene rings is 1. The molecule has 1 saturated carbocycles. The highest BCUT2D eigenvalue weighted by molar-refractivity contribution is 5.27. The molecule has 5 heteroatoms. The zero-order chi connectivity index (χ0) is 14.8. The highest BCUT2D eigenvalue weighted by Crippen LogP contribution is 2.31. The van der Waals surface area contributed by atoms with E-state index in [-0.39, 0.29) is 6.54 Å². The van der Waals surface area contributed by atoms with E-state index in [0.717, 1.165) is 12.1 Å². The second-order valence-electron chi connectivity index (χ2n) is 5.53. The zero-order valence-corrected chi connectivity index (χ0v) is 11.5. The van der Waals surface area contributed by atoms with E-state index < -0.39 is 17.8 Å². The Kier molecular flexibility index (Phi) is 4.70. The topological polar surface area (TPSA) is 32.3 Å². The van der Waals surface area contributed by atoms with Crippen molar-refractivity contribution in [2.75, 3.05) is 6.54 Å². The average molecular weight is 287 g/mol. The van der Waals surface area contributed by atoms with Crippen LogP contribution in [0.5, 0.6) is 0 Å². The third kappa shape index (κ3) is 3.73. The first-order valence-electron chi connectivity index (χ1n) is 6.96. The normalized spacial score (nSPS) is 19.4. The molecule has 0 heterocycles. The SMILES string of the molecule is CC(NCC(O)c1cccc(C(F)(F)F)c1)C1CCC1. The number of aliphatic hydroxyl groups excluding tert-OH is 1. The summed E-state index contributed by atoms with van der Waals surface area (Å²) in [6.45, 7) is 2.33.